The molecule has 3 heteroatoms. The second-order valence-electron chi connectivity index (χ2n) is 4.47. The summed E-state index contributed by atoms with van der Waals surface area (Å²) in [5, 5.41) is 0. The lowest BCUT2D eigenvalue weighted by molar-refractivity contribution is 0.587. The van der Waals surface area contributed by atoms with Crippen molar-refractivity contribution < 1.29 is 13.2 Å². The van der Waals surface area contributed by atoms with Crippen molar-refractivity contribution in [2.24, 2.45) is 0 Å². The first-order valence-electron chi connectivity index (χ1n) is 7.75. The molecule has 0 nitrogen and oxygen atoms in total. The summed E-state index contributed by atoms with van der Waals surface area (Å²) in [4.78, 5) is 0. The van der Waals surface area contributed by atoms with Crippen LogP contribution in [0.1, 0.15) is 45.2 Å². The van der Waals surface area contributed by atoms with Crippen molar-refractivity contribution in [2.45, 2.75) is 47.0 Å². The fourth-order valence-electron chi connectivity index (χ4n) is 1.80. The van der Waals surface area contributed by atoms with Gasteiger partial charge in [-0.25, -0.2) is 13.2 Å². The van der Waals surface area contributed by atoms with Crippen molar-refractivity contribution in [3.63, 3.8) is 0 Å². The molecule has 0 saturated heterocycles. The summed E-state index contributed by atoms with van der Waals surface area (Å²) in [6.07, 6.45) is 2.57. The number of aryl methyl sites for hydroxylation is 2. The lowest BCUT2D eigenvalue weighted by Gasteiger charge is -1.96. The molecule has 0 aliphatic rings. The summed E-state index contributed by atoms with van der Waals surface area (Å²) >= 11 is 0. The van der Waals surface area contributed by atoms with Crippen LogP contribution in [0.3, 0.4) is 0 Å². The Morgan fingerprint density at radius 3 is 1.95 bits per heavy atom. The van der Waals surface area contributed by atoms with Gasteiger partial charge in [0, 0.05) is 0 Å². The molecule has 2 aromatic carbocycles. The van der Waals surface area contributed by atoms with Gasteiger partial charge < -0.3 is 0 Å². The van der Waals surface area contributed by atoms with Gasteiger partial charge in [-0.2, -0.15) is 0 Å². The van der Waals surface area contributed by atoms with Gasteiger partial charge in [0.1, 0.15) is 17.5 Å². The van der Waals surface area contributed by atoms with Gasteiger partial charge >= 0.3 is 0 Å². The molecule has 0 fully saturated rings. The van der Waals surface area contributed by atoms with Crippen molar-refractivity contribution in [3.05, 3.63) is 71.0 Å². The van der Waals surface area contributed by atoms with E-state index in [1.54, 1.807) is 19.1 Å². The Bertz CT molecular complexity index is 536. The van der Waals surface area contributed by atoms with Gasteiger partial charge in [0.2, 0.25) is 0 Å². The van der Waals surface area contributed by atoms with Crippen LogP contribution in [0.25, 0.3) is 0 Å². The molecule has 0 saturated carbocycles. The summed E-state index contributed by atoms with van der Waals surface area (Å²) in [7, 11) is 0. The fraction of sp³-hybridized carbons (Fsp3) is 0.368. The quantitative estimate of drug-likeness (QED) is 0.621. The average molecular weight is 310 g/mol. The summed E-state index contributed by atoms with van der Waals surface area (Å²) in [6, 6.07) is 10.2. The van der Waals surface area contributed by atoms with E-state index >= 15 is 0 Å². The van der Waals surface area contributed by atoms with Crippen molar-refractivity contribution in [3.8, 4) is 0 Å². The van der Waals surface area contributed by atoms with Crippen molar-refractivity contribution in [2.75, 3.05) is 0 Å². The zero-order valence-electron chi connectivity index (χ0n) is 13.8. The predicted molar refractivity (Wildman–Crippen MR) is 87.5 cm³/mol. The maximum absolute atomic E-state index is 12.6. The van der Waals surface area contributed by atoms with Crippen LogP contribution in [0.4, 0.5) is 13.2 Å². The third kappa shape index (κ3) is 7.87. The second kappa shape index (κ2) is 11.8. The van der Waals surface area contributed by atoms with Gasteiger partial charge in [0.25, 0.3) is 0 Å². The summed E-state index contributed by atoms with van der Waals surface area (Å²) in [6.45, 7) is 7.88. The number of hydrogen-bond acceptors (Lipinski definition) is 0. The average Bonchev–Trinajstić information content (AvgIpc) is 2.53. The third-order valence-electron chi connectivity index (χ3n) is 2.82. The molecule has 0 bridgehead atoms. The molecule has 0 aliphatic heterocycles. The molecular formula is C19H25F3. The molecule has 0 N–H and O–H groups in total. The third-order valence-corrected chi connectivity index (χ3v) is 2.82. The fourth-order valence-corrected chi connectivity index (χ4v) is 1.80. The smallest absolute Gasteiger partial charge is 0.126 e. The molecule has 122 valence electrons. The molecule has 2 rings (SSSR count). The maximum atomic E-state index is 12.6. The van der Waals surface area contributed by atoms with E-state index in [-0.39, 0.29) is 17.5 Å². The Morgan fingerprint density at radius 2 is 1.45 bits per heavy atom. The number of halogens is 3. The van der Waals surface area contributed by atoms with Crippen LogP contribution >= 0.6 is 0 Å². The van der Waals surface area contributed by atoms with Crippen LogP contribution in [0, 0.1) is 17.5 Å². The molecular weight excluding hydrogens is 285 g/mol. The minimum atomic E-state index is -0.377. The largest absolute Gasteiger partial charge is 0.207 e. The van der Waals surface area contributed by atoms with Gasteiger partial charge in [0.05, 0.1) is 0 Å². The zero-order valence-corrected chi connectivity index (χ0v) is 13.8. The molecule has 2 aromatic rings. The molecule has 0 radical (unpaired) electrons. The maximum Gasteiger partial charge on any atom is 0.126 e. The number of benzene rings is 2. The lowest BCUT2D eigenvalue weighted by Crippen LogP contribution is -1.87. The summed E-state index contributed by atoms with van der Waals surface area (Å²) in [5.74, 6) is -0.840. The predicted octanol–water partition coefficient (Wildman–Crippen LogP) is 6.33. The molecule has 0 amide bonds. The van der Waals surface area contributed by atoms with E-state index in [1.807, 2.05) is 19.9 Å². The first-order valence-corrected chi connectivity index (χ1v) is 7.75. The first-order chi connectivity index (χ1) is 10.6. The lowest BCUT2D eigenvalue weighted by atomic mass is 10.1. The topological polar surface area (TPSA) is 0 Å². The Kier molecular flexibility index (Phi) is 10.9. The molecule has 0 unspecified atom stereocenters. The standard InChI is InChI=1S/C9H11F.C8H8F2.C2H6/c1-2-4-8-5-3-6-9(10)7-8;1-2-6-5-7(9)3-4-8(6)10;1-2/h3,5-7H,2,4H2,1H3;3-5H,2H2,1H3;1-2H3. The Balaban J connectivity index is 0.000000360. The van der Waals surface area contributed by atoms with Gasteiger partial charge in [0.15, 0.2) is 0 Å². The van der Waals surface area contributed by atoms with Crippen LogP contribution in [0.15, 0.2) is 42.5 Å². The van der Waals surface area contributed by atoms with Crippen molar-refractivity contribution >= 4 is 0 Å². The number of rotatable bonds is 3. The highest BCUT2D eigenvalue weighted by atomic mass is 19.1. The van der Waals surface area contributed by atoms with Crippen LogP contribution in [-0.2, 0) is 12.8 Å². The second-order valence-corrected chi connectivity index (χ2v) is 4.47. The summed E-state index contributed by atoms with van der Waals surface area (Å²) < 4.78 is 37.5. The zero-order chi connectivity index (χ0) is 17.0. The van der Waals surface area contributed by atoms with Gasteiger partial charge in [-0.05, 0) is 54.3 Å². The highest BCUT2D eigenvalue weighted by molar-refractivity contribution is 5.18. The monoisotopic (exact) mass is 310 g/mol. The minimum Gasteiger partial charge on any atom is -0.207 e. The van der Waals surface area contributed by atoms with Crippen LogP contribution in [-0.4, -0.2) is 0 Å². The van der Waals surface area contributed by atoms with Crippen LogP contribution in [0.2, 0.25) is 0 Å². The molecule has 0 aliphatic carbocycles. The number of hydrogen-bond donors (Lipinski definition) is 0. The molecule has 0 spiro atoms. The highest BCUT2D eigenvalue weighted by Crippen LogP contribution is 2.09. The van der Waals surface area contributed by atoms with E-state index in [1.165, 1.54) is 12.1 Å². The minimum absolute atomic E-state index is 0.133. The Hall–Kier alpha value is -1.77. The normalized spacial score (nSPS) is 9.23. The Morgan fingerprint density at radius 1 is 0.818 bits per heavy atom. The van der Waals surface area contributed by atoms with Crippen molar-refractivity contribution in [1.29, 1.82) is 0 Å². The van der Waals surface area contributed by atoms with E-state index < -0.39 is 0 Å². The SMILES string of the molecule is CC.CCCc1cccc(F)c1.CCc1cc(F)ccc1F. The van der Waals surface area contributed by atoms with E-state index in [9.17, 15) is 13.2 Å². The van der Waals surface area contributed by atoms with Gasteiger partial charge in [-0.3, -0.25) is 0 Å². The van der Waals surface area contributed by atoms with Gasteiger partial charge in [-0.15, -0.1) is 0 Å². The molecule has 22 heavy (non-hydrogen) atoms. The van der Waals surface area contributed by atoms with E-state index in [2.05, 4.69) is 6.92 Å². The van der Waals surface area contributed by atoms with Crippen molar-refractivity contribution in [1.82, 2.24) is 0 Å². The molecule has 0 aromatic heterocycles. The van der Waals surface area contributed by atoms with E-state index in [4.69, 9.17) is 0 Å². The Labute approximate surface area is 132 Å². The molecule has 0 atom stereocenters. The van der Waals surface area contributed by atoms with Crippen LogP contribution in [0.5, 0.6) is 0 Å². The van der Waals surface area contributed by atoms with Crippen LogP contribution < -0.4 is 0 Å². The van der Waals surface area contributed by atoms with E-state index in [0.29, 0.717) is 12.0 Å². The van der Waals surface area contributed by atoms with Gasteiger partial charge in [-0.1, -0.05) is 46.2 Å². The summed E-state index contributed by atoms with van der Waals surface area (Å²) in [5.41, 5.74) is 1.52. The highest BCUT2D eigenvalue weighted by Gasteiger charge is 1.99. The van der Waals surface area contributed by atoms with E-state index in [0.717, 1.165) is 30.5 Å². The molecule has 0 heterocycles. The first kappa shape index (κ1) is 20.2.